The molecule has 0 saturated heterocycles. The molecule has 16 heavy (non-hydrogen) atoms. The monoisotopic (exact) mass is 265 g/mol. The molecule has 2 N–H and O–H groups in total. The zero-order valence-electron chi connectivity index (χ0n) is 8.00. The van der Waals surface area contributed by atoms with Gasteiger partial charge in [0.05, 0.1) is 7.11 Å². The molecule has 0 unspecified atom stereocenters. The normalized spacial score (nSPS) is 10.9. The molecule has 0 aromatic carbocycles. The highest BCUT2D eigenvalue weighted by molar-refractivity contribution is 7.89. The second-order valence-corrected chi connectivity index (χ2v) is 4.95. The van der Waals surface area contributed by atoms with Crippen molar-refractivity contribution in [3.8, 4) is 0 Å². The largest absolute Gasteiger partial charge is 0.516 e. The van der Waals surface area contributed by atoms with E-state index in [1.54, 1.807) is 0 Å². The molecular weight excluding hydrogens is 258 g/mol. The van der Waals surface area contributed by atoms with Crippen molar-refractivity contribution in [2.24, 2.45) is 5.14 Å². The first-order chi connectivity index (χ1) is 7.36. The molecule has 0 spiro atoms. The van der Waals surface area contributed by atoms with Crippen LogP contribution in [0.1, 0.15) is 9.67 Å². The first-order valence-electron chi connectivity index (χ1n) is 3.76. The first kappa shape index (κ1) is 12.6. The van der Waals surface area contributed by atoms with Crippen LogP contribution in [0, 0.1) is 0 Å². The molecule has 1 aromatic heterocycles. The van der Waals surface area contributed by atoms with Crippen LogP contribution in [0.3, 0.4) is 0 Å². The van der Waals surface area contributed by atoms with Crippen molar-refractivity contribution in [2.45, 2.75) is 4.90 Å². The van der Waals surface area contributed by atoms with E-state index >= 15 is 0 Å². The van der Waals surface area contributed by atoms with Gasteiger partial charge in [-0.05, 0) is 11.4 Å². The molecule has 0 fully saturated rings. The van der Waals surface area contributed by atoms with Crippen LogP contribution >= 0.6 is 11.3 Å². The summed E-state index contributed by atoms with van der Waals surface area (Å²) in [4.78, 5) is 21.3. The maximum absolute atomic E-state index is 11.3. The number of rotatable bonds is 2. The van der Waals surface area contributed by atoms with Gasteiger partial charge in [0.1, 0.15) is 9.77 Å². The lowest BCUT2D eigenvalue weighted by atomic mass is 10.5. The topological polar surface area (TPSA) is 113 Å². The van der Waals surface area contributed by atoms with E-state index in [1.165, 1.54) is 5.38 Å². The van der Waals surface area contributed by atoms with Gasteiger partial charge in [-0.1, -0.05) is 0 Å². The Hall–Kier alpha value is -1.45. The van der Waals surface area contributed by atoms with Crippen LogP contribution in [-0.2, 0) is 19.5 Å². The number of primary sulfonamides is 1. The van der Waals surface area contributed by atoms with E-state index in [9.17, 15) is 18.0 Å². The van der Waals surface area contributed by atoms with Crippen LogP contribution in [0.5, 0.6) is 0 Å². The van der Waals surface area contributed by atoms with E-state index in [1.807, 2.05) is 0 Å². The van der Waals surface area contributed by atoms with E-state index in [0.29, 0.717) is 0 Å². The quantitative estimate of drug-likeness (QED) is 0.608. The van der Waals surface area contributed by atoms with Crippen molar-refractivity contribution in [1.82, 2.24) is 0 Å². The molecule has 0 atom stereocenters. The molecule has 0 aliphatic rings. The lowest BCUT2D eigenvalue weighted by molar-refractivity contribution is 0.0453. The zero-order chi connectivity index (χ0) is 12.3. The van der Waals surface area contributed by atoms with Gasteiger partial charge in [-0.3, -0.25) is 0 Å². The average Bonchev–Trinajstić information content (AvgIpc) is 2.65. The number of hydrogen-bond acceptors (Lipinski definition) is 7. The Bertz CT molecular complexity index is 517. The Kier molecular flexibility index (Phi) is 3.62. The summed E-state index contributed by atoms with van der Waals surface area (Å²) in [5.74, 6) is -1.12. The number of hydrogen-bond donors (Lipinski definition) is 1. The lowest BCUT2D eigenvalue weighted by Gasteiger charge is -2.01. The summed E-state index contributed by atoms with van der Waals surface area (Å²) in [6.07, 6.45) is -1.22. The summed E-state index contributed by atoms with van der Waals surface area (Å²) < 4.78 is 30.3. The van der Waals surface area contributed by atoms with Crippen LogP contribution < -0.4 is 5.14 Å². The molecule has 0 aliphatic carbocycles. The van der Waals surface area contributed by atoms with E-state index in [0.717, 1.165) is 24.5 Å². The number of sulfonamides is 1. The third-order valence-corrected chi connectivity index (χ3v) is 3.44. The number of esters is 1. The molecule has 0 amide bonds. The molecule has 0 saturated carbocycles. The SMILES string of the molecule is COC(=O)OC(=O)c1sccc1S(N)(=O)=O. The first-order valence-corrected chi connectivity index (χ1v) is 6.19. The molecule has 7 nitrogen and oxygen atoms in total. The van der Waals surface area contributed by atoms with Crippen LogP contribution in [-0.4, -0.2) is 27.7 Å². The summed E-state index contributed by atoms with van der Waals surface area (Å²) in [6.45, 7) is 0. The molecule has 1 rings (SSSR count). The standard InChI is InChI=1S/C7H7NO6S2/c1-13-7(10)14-6(9)5-4(2-3-15-5)16(8,11)12/h2-3H,1H3,(H2,8,11,12). The second-order valence-electron chi connectivity index (χ2n) is 2.50. The predicted octanol–water partition coefficient (Wildman–Crippen LogP) is 0.319. The minimum absolute atomic E-state index is 0.270. The van der Waals surface area contributed by atoms with E-state index in [4.69, 9.17) is 5.14 Å². The van der Waals surface area contributed by atoms with E-state index < -0.39 is 22.1 Å². The van der Waals surface area contributed by atoms with Gasteiger partial charge in [-0.2, -0.15) is 0 Å². The lowest BCUT2D eigenvalue weighted by Crippen LogP contribution is -2.17. The van der Waals surface area contributed by atoms with Crippen molar-refractivity contribution in [2.75, 3.05) is 7.11 Å². The minimum Gasteiger partial charge on any atom is -0.437 e. The Labute approximate surface area is 94.8 Å². The van der Waals surface area contributed by atoms with Crippen molar-refractivity contribution in [3.05, 3.63) is 16.3 Å². The third kappa shape index (κ3) is 2.78. The fraction of sp³-hybridized carbons (Fsp3) is 0.143. The molecule has 1 heterocycles. The van der Waals surface area contributed by atoms with Gasteiger partial charge in [-0.15, -0.1) is 11.3 Å². The molecule has 0 radical (unpaired) electrons. The highest BCUT2D eigenvalue weighted by Gasteiger charge is 2.24. The van der Waals surface area contributed by atoms with E-state index in [-0.39, 0.29) is 9.77 Å². The number of methoxy groups -OCH3 is 1. The number of ether oxygens (including phenoxy) is 2. The molecule has 9 heteroatoms. The van der Waals surface area contributed by atoms with Crippen molar-refractivity contribution in [3.63, 3.8) is 0 Å². The highest BCUT2D eigenvalue weighted by atomic mass is 32.2. The Morgan fingerprint density at radius 3 is 2.56 bits per heavy atom. The van der Waals surface area contributed by atoms with Crippen LogP contribution in [0.4, 0.5) is 4.79 Å². The number of carbonyl (C=O) groups excluding carboxylic acids is 2. The molecule has 88 valence electrons. The summed E-state index contributed by atoms with van der Waals surface area (Å²) in [7, 11) is -3.00. The van der Waals surface area contributed by atoms with Crippen LogP contribution in [0.15, 0.2) is 16.3 Å². The number of thiophene rings is 1. The number of nitrogens with two attached hydrogens (primary N) is 1. The molecule has 0 bridgehead atoms. The molecule has 1 aromatic rings. The Morgan fingerprint density at radius 1 is 1.44 bits per heavy atom. The Morgan fingerprint density at radius 2 is 2.06 bits per heavy atom. The summed E-state index contributed by atoms with van der Waals surface area (Å²) in [5, 5.41) is 6.20. The maximum Gasteiger partial charge on any atom is 0.516 e. The van der Waals surface area contributed by atoms with Crippen LogP contribution in [0.25, 0.3) is 0 Å². The summed E-state index contributed by atoms with van der Waals surface area (Å²) in [6, 6.07) is 1.15. The highest BCUT2D eigenvalue weighted by Crippen LogP contribution is 2.21. The summed E-state index contributed by atoms with van der Waals surface area (Å²) in [5.41, 5.74) is 0. The number of carbonyl (C=O) groups is 2. The van der Waals surface area contributed by atoms with Gasteiger partial charge in [0.25, 0.3) is 0 Å². The van der Waals surface area contributed by atoms with Gasteiger partial charge in [0.15, 0.2) is 0 Å². The molecule has 0 aliphatic heterocycles. The van der Waals surface area contributed by atoms with Gasteiger partial charge >= 0.3 is 12.1 Å². The van der Waals surface area contributed by atoms with Crippen molar-refractivity contribution in [1.29, 1.82) is 0 Å². The minimum atomic E-state index is -4.02. The maximum atomic E-state index is 11.3. The summed E-state index contributed by atoms with van der Waals surface area (Å²) >= 11 is 0.796. The molecular formula is C7H7NO6S2. The fourth-order valence-electron chi connectivity index (χ4n) is 0.834. The van der Waals surface area contributed by atoms with Gasteiger partial charge in [0, 0.05) is 0 Å². The van der Waals surface area contributed by atoms with Gasteiger partial charge < -0.3 is 9.47 Å². The van der Waals surface area contributed by atoms with E-state index in [2.05, 4.69) is 9.47 Å². The average molecular weight is 265 g/mol. The van der Waals surface area contributed by atoms with Gasteiger partial charge in [-0.25, -0.2) is 23.1 Å². The Balaban J connectivity index is 3.02. The van der Waals surface area contributed by atoms with Crippen LogP contribution in [0.2, 0.25) is 0 Å². The second kappa shape index (κ2) is 4.60. The fourth-order valence-corrected chi connectivity index (χ4v) is 2.67. The smallest absolute Gasteiger partial charge is 0.437 e. The third-order valence-electron chi connectivity index (χ3n) is 1.46. The van der Waals surface area contributed by atoms with Crippen molar-refractivity contribution < 1.29 is 27.5 Å². The zero-order valence-corrected chi connectivity index (χ0v) is 9.63. The predicted molar refractivity (Wildman–Crippen MR) is 53.5 cm³/mol. The van der Waals surface area contributed by atoms with Crippen molar-refractivity contribution >= 4 is 33.5 Å². The van der Waals surface area contributed by atoms with Gasteiger partial charge in [0.2, 0.25) is 10.0 Å².